The van der Waals surface area contributed by atoms with Crippen LogP contribution in [0, 0.1) is 50.5 Å². The van der Waals surface area contributed by atoms with E-state index in [2.05, 4.69) is 0 Å². The summed E-state index contributed by atoms with van der Waals surface area (Å²) < 4.78 is 0. The van der Waals surface area contributed by atoms with Gasteiger partial charge in [0.05, 0.1) is 0 Å². The van der Waals surface area contributed by atoms with Crippen molar-refractivity contribution in [3.63, 3.8) is 0 Å². The van der Waals surface area contributed by atoms with Crippen LogP contribution in [0.4, 0.5) is 0 Å². The zero-order valence-corrected chi connectivity index (χ0v) is 8.03. The molecule has 0 aliphatic carbocycles. The Kier molecular flexibility index (Phi) is 820. The molecule has 10 nitrogen and oxygen atoms in total. The van der Waals surface area contributed by atoms with Gasteiger partial charge in [-0.1, -0.05) is 0 Å². The van der Waals surface area contributed by atoms with E-state index in [-0.39, 0.29) is 73.2 Å². The van der Waals surface area contributed by atoms with Gasteiger partial charge in [0, 0.05) is 40.4 Å². The van der Waals surface area contributed by atoms with Crippen molar-refractivity contribution in [1.29, 1.82) is 0 Å². The average molecular weight is 316 g/mol. The van der Waals surface area contributed by atoms with Gasteiger partial charge < -0.3 is 38.1 Å². The third kappa shape index (κ3) is 8000. The summed E-state index contributed by atoms with van der Waals surface area (Å²) in [5.41, 5.74) is 0. The third-order valence-corrected chi connectivity index (χ3v) is 0. The van der Waals surface area contributed by atoms with E-state index in [1.807, 2.05) is 0 Å². The predicted molar refractivity (Wildman–Crippen MR) is 30.5 cm³/mol. The van der Waals surface area contributed by atoms with Crippen molar-refractivity contribution < 1.29 is 83.5 Å². The first kappa shape index (κ1) is 110. The summed E-state index contributed by atoms with van der Waals surface area (Å²) in [6.45, 7) is 0. The fourth-order valence-electron chi connectivity index (χ4n) is 0. The van der Waals surface area contributed by atoms with Crippen LogP contribution in [0.15, 0.2) is 0 Å². The molecule has 0 aliphatic heterocycles. The maximum atomic E-state index is 8.36. The van der Waals surface area contributed by atoms with Gasteiger partial charge in [-0.25, -0.2) is 0 Å². The number of hydrogen-bond donors (Lipinski definition) is 1. The maximum absolute atomic E-state index is 8.36. The average Bonchev–Trinajstić information content (AvgIpc) is 0.811. The van der Waals surface area contributed by atoms with Gasteiger partial charge in [0.1, 0.15) is 0 Å². The van der Waals surface area contributed by atoms with Crippen molar-refractivity contribution in [3.05, 3.63) is 10.1 Å². The SMILES string of the molecule is O.O.O.O.O.O.O=[N+]([O-])O.[Pm]. The first-order chi connectivity index (χ1) is 1.73. The molecule has 0 saturated heterocycles. The summed E-state index contributed by atoms with van der Waals surface area (Å²) in [5, 5.41) is 13.6. The van der Waals surface area contributed by atoms with Gasteiger partial charge in [-0.15, -0.1) is 10.1 Å². The van der Waals surface area contributed by atoms with E-state index in [9.17, 15) is 0 Å². The van der Waals surface area contributed by atoms with Crippen LogP contribution in [0.25, 0.3) is 0 Å². The molecule has 0 atom stereocenters. The molecule has 0 aliphatic rings. The minimum absolute atomic E-state index is 0. The molecule has 0 amide bonds. The van der Waals surface area contributed by atoms with Crippen molar-refractivity contribution in [2.24, 2.45) is 0 Å². The van der Waals surface area contributed by atoms with Crippen LogP contribution in [0.5, 0.6) is 0 Å². The molecule has 0 bridgehead atoms. The van der Waals surface area contributed by atoms with E-state index in [1.165, 1.54) is 0 Å². The molecule has 0 unspecified atom stereocenters. The van der Waals surface area contributed by atoms with E-state index < -0.39 is 5.09 Å². The molecule has 0 aromatic rings. The van der Waals surface area contributed by atoms with Crippen LogP contribution < -0.4 is 0 Å². The van der Waals surface area contributed by atoms with Gasteiger partial charge >= 0.3 is 0 Å². The maximum Gasteiger partial charge on any atom is 0.291 e. The summed E-state index contributed by atoms with van der Waals surface area (Å²) in [7, 11) is 0. The van der Waals surface area contributed by atoms with Crippen molar-refractivity contribution in [2.45, 2.75) is 0 Å². The van der Waals surface area contributed by atoms with E-state index in [1.54, 1.807) is 0 Å². The van der Waals surface area contributed by atoms with Crippen LogP contribution in [0.2, 0.25) is 0 Å². The van der Waals surface area contributed by atoms with E-state index in [0.29, 0.717) is 0 Å². The molecule has 11 heteroatoms. The molecule has 0 heterocycles. The van der Waals surface area contributed by atoms with E-state index >= 15 is 0 Å². The Morgan fingerprint density at radius 1 is 0.909 bits per heavy atom. The number of nitrogens with zero attached hydrogens (tertiary/aromatic N) is 1. The standard InChI is InChI=1S/HNO3.6H2O.Pm/c2-1(3)4;;;;;;;/h(H,2,3,4);6*1H2;. The fourth-order valence-corrected chi connectivity index (χ4v) is 0. The molecule has 0 spiro atoms. The molecule has 0 fully saturated rings. The Morgan fingerprint density at radius 2 is 0.909 bits per heavy atom. The van der Waals surface area contributed by atoms with Crippen molar-refractivity contribution in [3.8, 4) is 0 Å². The molecule has 0 rings (SSSR count). The number of hydrogen-bond acceptors (Lipinski definition) is 2. The van der Waals surface area contributed by atoms with Gasteiger partial charge in [0.2, 0.25) is 0 Å². The second-order valence-corrected chi connectivity index (χ2v) is 0.238. The van der Waals surface area contributed by atoms with Crippen LogP contribution in [0.1, 0.15) is 0 Å². The monoisotopic (exact) mass is 316 g/mol. The summed E-state index contributed by atoms with van der Waals surface area (Å²) in [6.07, 6.45) is 0. The van der Waals surface area contributed by atoms with E-state index in [0.717, 1.165) is 0 Å². The zero-order valence-electron chi connectivity index (χ0n) is 5.16. The Labute approximate surface area is 93.3 Å². The third-order valence-electron chi connectivity index (χ3n) is 0. The minimum atomic E-state index is -1.50. The van der Waals surface area contributed by atoms with E-state index in [4.69, 9.17) is 15.3 Å². The van der Waals surface area contributed by atoms with Gasteiger partial charge in [0.25, 0.3) is 5.09 Å². The molecule has 11 heavy (non-hydrogen) atoms. The van der Waals surface area contributed by atoms with Gasteiger partial charge in [-0.05, 0) is 0 Å². The minimum Gasteiger partial charge on any atom is -0.412 e. The second kappa shape index (κ2) is 81.9. The normalized spacial score (nSPS) is 2.18. The summed E-state index contributed by atoms with van der Waals surface area (Å²) >= 11 is 0. The molecule has 0 aromatic carbocycles. The first-order valence-corrected chi connectivity index (χ1v) is 0.565. The summed E-state index contributed by atoms with van der Waals surface area (Å²) in [6, 6.07) is 0. The smallest absolute Gasteiger partial charge is 0.291 e. The van der Waals surface area contributed by atoms with Gasteiger partial charge in [-0.3, -0.25) is 0 Å². The molecule has 0 aromatic heterocycles. The van der Waals surface area contributed by atoms with Crippen LogP contribution in [-0.2, 0) is 0 Å². The fraction of sp³-hybridized carbons (Fsp3) is 0. The van der Waals surface area contributed by atoms with Gasteiger partial charge in [-0.2, -0.15) is 0 Å². The number of rotatable bonds is 0. The largest absolute Gasteiger partial charge is 0.412 e. The summed E-state index contributed by atoms with van der Waals surface area (Å²) in [4.78, 5) is 8.36. The van der Waals surface area contributed by atoms with Gasteiger partial charge in [0.15, 0.2) is 0 Å². The summed E-state index contributed by atoms with van der Waals surface area (Å²) in [5.74, 6) is 0. The topological polar surface area (TPSA) is 252 Å². The Hall–Kier alpha value is 0.298. The Bertz CT molecular complexity index is 32.5. The van der Waals surface area contributed by atoms with Crippen molar-refractivity contribution in [1.82, 2.24) is 0 Å². The van der Waals surface area contributed by atoms with Crippen molar-refractivity contribution >= 4 is 0 Å². The molecule has 13 N–H and O–H groups in total. The Morgan fingerprint density at radius 3 is 0.909 bits per heavy atom. The van der Waals surface area contributed by atoms with Crippen LogP contribution in [-0.4, -0.2) is 43.2 Å². The molecular weight excluding hydrogens is 303 g/mol. The predicted octanol–water partition coefficient (Wildman–Crippen LogP) is -5.30. The first-order valence-electron chi connectivity index (χ1n) is 0.565. The second-order valence-electron chi connectivity index (χ2n) is 0.238. The molecule has 0 saturated carbocycles. The molecule has 77 valence electrons. The van der Waals surface area contributed by atoms with Crippen molar-refractivity contribution in [2.75, 3.05) is 0 Å². The van der Waals surface area contributed by atoms with Crippen LogP contribution >= 0.6 is 0 Å². The Balaban J connectivity index is -0.00000000214. The zero-order chi connectivity index (χ0) is 3.58. The molecule has 1 radical (unpaired) electrons. The van der Waals surface area contributed by atoms with Crippen LogP contribution in [0.3, 0.4) is 0 Å². The quantitative estimate of drug-likeness (QED) is 0.339. The molecular formula is H13NO9Pm.